The molecule has 1 heterocycles. The number of hydrogen-bond acceptors (Lipinski definition) is 4. The van der Waals surface area contributed by atoms with Gasteiger partial charge < -0.3 is 4.74 Å². The van der Waals surface area contributed by atoms with E-state index in [4.69, 9.17) is 4.74 Å². The molecule has 0 aliphatic carbocycles. The van der Waals surface area contributed by atoms with E-state index < -0.39 is 15.6 Å². The smallest absolute Gasteiger partial charge is 0.275 e. The number of fused-ring (bicyclic) bond motifs is 1. The first-order valence-corrected chi connectivity index (χ1v) is 9.68. The van der Waals surface area contributed by atoms with E-state index in [0.717, 1.165) is 17.5 Å². The van der Waals surface area contributed by atoms with Gasteiger partial charge in [0.2, 0.25) is 10.0 Å². The summed E-state index contributed by atoms with van der Waals surface area (Å²) < 4.78 is 31.2. The lowest BCUT2D eigenvalue weighted by molar-refractivity contribution is -0.131. The fraction of sp³-hybridized carbons (Fsp3) is 0.278. The maximum atomic E-state index is 12.9. The van der Waals surface area contributed by atoms with Gasteiger partial charge in [-0.05, 0) is 45.0 Å². The van der Waals surface area contributed by atoms with Crippen LogP contribution in [0.4, 0.5) is 17.1 Å². The van der Waals surface area contributed by atoms with Gasteiger partial charge in [0.25, 0.3) is 5.91 Å². The van der Waals surface area contributed by atoms with Crippen molar-refractivity contribution in [3.8, 4) is 5.75 Å². The molecule has 132 valence electrons. The number of aryl methyl sites for hydroxylation is 1. The van der Waals surface area contributed by atoms with E-state index in [-0.39, 0.29) is 5.91 Å². The van der Waals surface area contributed by atoms with Crippen LogP contribution in [0.1, 0.15) is 19.4 Å². The summed E-state index contributed by atoms with van der Waals surface area (Å²) in [5.41, 5.74) is 1.72. The Kier molecular flexibility index (Phi) is 3.99. The van der Waals surface area contributed by atoms with Gasteiger partial charge in [0.1, 0.15) is 5.75 Å². The van der Waals surface area contributed by atoms with Gasteiger partial charge in [0.15, 0.2) is 5.60 Å². The molecule has 1 aliphatic heterocycles. The van der Waals surface area contributed by atoms with Crippen molar-refractivity contribution in [2.45, 2.75) is 26.4 Å². The lowest BCUT2D eigenvalue weighted by Crippen LogP contribution is -2.50. The topological polar surface area (TPSA) is 75.7 Å². The normalized spacial score (nSPS) is 16.2. The van der Waals surface area contributed by atoms with Crippen LogP contribution in [-0.2, 0) is 14.8 Å². The number of sulfonamides is 1. The van der Waals surface area contributed by atoms with E-state index in [2.05, 4.69) is 4.72 Å². The monoisotopic (exact) mass is 360 g/mol. The minimum Gasteiger partial charge on any atom is -0.476 e. The summed E-state index contributed by atoms with van der Waals surface area (Å²) in [4.78, 5) is 14.5. The van der Waals surface area contributed by atoms with Crippen molar-refractivity contribution in [3.63, 3.8) is 0 Å². The van der Waals surface area contributed by atoms with Gasteiger partial charge in [-0.15, -0.1) is 0 Å². The molecular formula is C18H20N2O4S. The Bertz CT molecular complexity index is 934. The van der Waals surface area contributed by atoms with Crippen LogP contribution in [0.15, 0.2) is 42.5 Å². The number of nitrogens with one attached hydrogen (secondary N) is 1. The maximum Gasteiger partial charge on any atom is 0.275 e. The van der Waals surface area contributed by atoms with Crippen LogP contribution >= 0.6 is 0 Å². The van der Waals surface area contributed by atoms with E-state index in [1.54, 1.807) is 36.9 Å². The molecule has 0 saturated carbocycles. The summed E-state index contributed by atoms with van der Waals surface area (Å²) in [6.45, 7) is 5.36. The molecule has 0 spiro atoms. The summed E-state index contributed by atoms with van der Waals surface area (Å²) in [5.74, 6) is 0.256. The molecule has 25 heavy (non-hydrogen) atoms. The molecule has 0 radical (unpaired) electrons. The Hall–Kier alpha value is -2.54. The number of carbonyl (C=O) groups is 1. The average molecular weight is 360 g/mol. The second-order valence-corrected chi connectivity index (χ2v) is 8.39. The Balaban J connectivity index is 2.11. The summed E-state index contributed by atoms with van der Waals surface area (Å²) in [5, 5.41) is 0. The maximum absolute atomic E-state index is 12.9. The van der Waals surface area contributed by atoms with Gasteiger partial charge >= 0.3 is 0 Å². The van der Waals surface area contributed by atoms with Gasteiger partial charge in [0, 0.05) is 11.8 Å². The van der Waals surface area contributed by atoms with E-state index in [9.17, 15) is 13.2 Å². The molecule has 2 aromatic rings. The van der Waals surface area contributed by atoms with Crippen LogP contribution in [-0.4, -0.2) is 26.2 Å². The van der Waals surface area contributed by atoms with Crippen molar-refractivity contribution in [2.24, 2.45) is 0 Å². The van der Waals surface area contributed by atoms with E-state index >= 15 is 0 Å². The fourth-order valence-corrected chi connectivity index (χ4v) is 3.26. The molecule has 7 heteroatoms. The van der Waals surface area contributed by atoms with E-state index in [1.165, 1.54) is 0 Å². The van der Waals surface area contributed by atoms with Gasteiger partial charge in [-0.2, -0.15) is 0 Å². The predicted octanol–water partition coefficient (Wildman–Crippen LogP) is 3.20. The quantitative estimate of drug-likeness (QED) is 0.912. The molecule has 1 amide bonds. The highest BCUT2D eigenvalue weighted by Gasteiger charge is 2.41. The van der Waals surface area contributed by atoms with E-state index in [0.29, 0.717) is 17.1 Å². The Labute approximate surface area is 147 Å². The molecular weight excluding hydrogens is 340 g/mol. The standard InChI is InChI=1S/C18H20N2O4S/c1-12-5-8-14(9-6-12)20-15-10-7-13(19-25(4,22)23)11-16(15)24-18(2,3)17(20)21/h5-11,19H,1-4H3. The number of rotatable bonds is 3. The number of anilines is 3. The van der Waals surface area contributed by atoms with Crippen molar-refractivity contribution in [3.05, 3.63) is 48.0 Å². The molecule has 1 N–H and O–H groups in total. The number of ether oxygens (including phenoxy) is 1. The molecule has 0 aromatic heterocycles. The third kappa shape index (κ3) is 3.46. The van der Waals surface area contributed by atoms with Crippen LogP contribution < -0.4 is 14.4 Å². The predicted molar refractivity (Wildman–Crippen MR) is 97.9 cm³/mol. The largest absolute Gasteiger partial charge is 0.476 e. The molecule has 0 fully saturated rings. The first kappa shape index (κ1) is 17.3. The zero-order valence-electron chi connectivity index (χ0n) is 14.5. The highest BCUT2D eigenvalue weighted by Crippen LogP contribution is 2.43. The minimum atomic E-state index is -3.40. The first-order chi connectivity index (χ1) is 11.6. The summed E-state index contributed by atoms with van der Waals surface area (Å²) in [7, 11) is -3.40. The number of benzene rings is 2. The van der Waals surface area contributed by atoms with Crippen molar-refractivity contribution >= 4 is 33.0 Å². The molecule has 0 bridgehead atoms. The summed E-state index contributed by atoms with van der Waals surface area (Å²) in [6.07, 6.45) is 1.08. The zero-order chi connectivity index (χ0) is 18.4. The molecule has 0 unspecified atom stereocenters. The lowest BCUT2D eigenvalue weighted by Gasteiger charge is -2.39. The second kappa shape index (κ2) is 5.77. The Morgan fingerprint density at radius 2 is 1.72 bits per heavy atom. The number of amides is 1. The number of hydrogen-bond donors (Lipinski definition) is 1. The van der Waals surface area contributed by atoms with Gasteiger partial charge in [-0.3, -0.25) is 14.4 Å². The van der Waals surface area contributed by atoms with Crippen molar-refractivity contribution < 1.29 is 17.9 Å². The van der Waals surface area contributed by atoms with Crippen molar-refractivity contribution in [2.75, 3.05) is 15.9 Å². The molecule has 1 aliphatic rings. The Morgan fingerprint density at radius 3 is 2.32 bits per heavy atom. The minimum absolute atomic E-state index is 0.187. The van der Waals surface area contributed by atoms with Crippen LogP contribution in [0.25, 0.3) is 0 Å². The molecule has 6 nitrogen and oxygen atoms in total. The number of nitrogens with zero attached hydrogens (tertiary/aromatic N) is 1. The number of carbonyl (C=O) groups excluding carboxylic acids is 1. The average Bonchev–Trinajstić information content (AvgIpc) is 2.48. The second-order valence-electron chi connectivity index (χ2n) is 6.65. The van der Waals surface area contributed by atoms with Crippen molar-refractivity contribution in [1.82, 2.24) is 0 Å². The lowest BCUT2D eigenvalue weighted by atomic mass is 10.0. The highest BCUT2D eigenvalue weighted by molar-refractivity contribution is 7.92. The van der Waals surface area contributed by atoms with Crippen LogP contribution in [0.5, 0.6) is 5.75 Å². The molecule has 0 saturated heterocycles. The first-order valence-electron chi connectivity index (χ1n) is 7.79. The molecule has 0 atom stereocenters. The van der Waals surface area contributed by atoms with Gasteiger partial charge in [-0.1, -0.05) is 17.7 Å². The highest BCUT2D eigenvalue weighted by atomic mass is 32.2. The summed E-state index contributed by atoms with van der Waals surface area (Å²) >= 11 is 0. The molecule has 3 rings (SSSR count). The fourth-order valence-electron chi connectivity index (χ4n) is 2.71. The molecule has 2 aromatic carbocycles. The van der Waals surface area contributed by atoms with Gasteiger partial charge in [-0.25, -0.2) is 8.42 Å². The van der Waals surface area contributed by atoms with Crippen LogP contribution in [0.3, 0.4) is 0 Å². The zero-order valence-corrected chi connectivity index (χ0v) is 15.3. The third-order valence-corrected chi connectivity index (χ3v) is 4.49. The van der Waals surface area contributed by atoms with Crippen molar-refractivity contribution in [1.29, 1.82) is 0 Å². The SMILES string of the molecule is Cc1ccc(N2C(=O)C(C)(C)Oc3cc(NS(C)(=O)=O)ccc32)cc1. The summed E-state index contributed by atoms with van der Waals surface area (Å²) in [6, 6.07) is 12.5. The van der Waals surface area contributed by atoms with Crippen LogP contribution in [0, 0.1) is 6.92 Å². The van der Waals surface area contributed by atoms with E-state index in [1.807, 2.05) is 31.2 Å². The van der Waals surface area contributed by atoms with Gasteiger partial charge in [0.05, 0.1) is 17.6 Å². The third-order valence-electron chi connectivity index (χ3n) is 3.88. The Morgan fingerprint density at radius 1 is 1.08 bits per heavy atom. The van der Waals surface area contributed by atoms with Crippen LogP contribution in [0.2, 0.25) is 0 Å².